The van der Waals surface area contributed by atoms with Crippen LogP contribution in [-0.2, 0) is 4.79 Å². The molecule has 2 fully saturated rings. The fourth-order valence-electron chi connectivity index (χ4n) is 3.34. The normalized spacial score (nSPS) is 32.9. The van der Waals surface area contributed by atoms with Crippen LogP contribution in [0.5, 0.6) is 0 Å². The first-order chi connectivity index (χ1) is 8.61. The second-order valence-electron chi connectivity index (χ2n) is 6.12. The van der Waals surface area contributed by atoms with E-state index in [2.05, 4.69) is 30.6 Å². The van der Waals surface area contributed by atoms with Gasteiger partial charge in [-0.25, -0.2) is 0 Å². The molecule has 0 aliphatic carbocycles. The van der Waals surface area contributed by atoms with Gasteiger partial charge < -0.3 is 4.90 Å². The van der Waals surface area contributed by atoms with E-state index >= 15 is 0 Å². The van der Waals surface area contributed by atoms with Crippen molar-refractivity contribution in [2.45, 2.75) is 46.1 Å². The van der Waals surface area contributed by atoms with Crippen LogP contribution in [0.2, 0.25) is 0 Å². The maximum absolute atomic E-state index is 11.7. The number of likely N-dealkylation sites (tertiary alicyclic amines) is 2. The Balaban J connectivity index is 1.81. The molecule has 2 unspecified atom stereocenters. The third-order valence-corrected chi connectivity index (χ3v) is 5.10. The highest BCUT2D eigenvalue weighted by Gasteiger charge is 2.32. The minimum atomic E-state index is 0.231. The number of carbonyl (C=O) groups excluding carboxylic acids is 1. The van der Waals surface area contributed by atoms with Crippen LogP contribution in [0.3, 0.4) is 0 Å². The van der Waals surface area contributed by atoms with Crippen molar-refractivity contribution >= 4 is 5.78 Å². The minimum Gasteiger partial charge on any atom is -0.304 e. The summed E-state index contributed by atoms with van der Waals surface area (Å²) in [5, 5.41) is 0. The predicted molar refractivity (Wildman–Crippen MR) is 74.7 cm³/mol. The third-order valence-electron chi connectivity index (χ3n) is 5.10. The average molecular weight is 252 g/mol. The number of ketones is 1. The molecule has 2 aliphatic heterocycles. The van der Waals surface area contributed by atoms with E-state index in [0.29, 0.717) is 11.8 Å². The first-order valence-electron chi connectivity index (χ1n) is 7.61. The maximum atomic E-state index is 11.7. The fourth-order valence-corrected chi connectivity index (χ4v) is 3.34. The molecule has 0 aromatic carbocycles. The van der Waals surface area contributed by atoms with Crippen LogP contribution in [0, 0.1) is 11.8 Å². The van der Waals surface area contributed by atoms with Crippen molar-refractivity contribution in [3.63, 3.8) is 0 Å². The lowest BCUT2D eigenvalue weighted by Crippen LogP contribution is -2.49. The van der Waals surface area contributed by atoms with Crippen molar-refractivity contribution in [3.8, 4) is 0 Å². The summed E-state index contributed by atoms with van der Waals surface area (Å²) < 4.78 is 0. The van der Waals surface area contributed by atoms with Gasteiger partial charge in [0.2, 0.25) is 0 Å². The summed E-state index contributed by atoms with van der Waals surface area (Å²) in [6, 6.07) is 0.440. The summed E-state index contributed by atoms with van der Waals surface area (Å²) in [6.45, 7) is 12.5. The SMILES string of the molecule is CCN1CCC(CN2CCC(=O)C(C)C2C)CC1. The number of rotatable bonds is 3. The van der Waals surface area contributed by atoms with Crippen molar-refractivity contribution in [3.05, 3.63) is 0 Å². The molecule has 2 saturated heterocycles. The zero-order chi connectivity index (χ0) is 13.1. The highest BCUT2D eigenvalue weighted by atomic mass is 16.1. The van der Waals surface area contributed by atoms with Crippen molar-refractivity contribution in [2.24, 2.45) is 11.8 Å². The van der Waals surface area contributed by atoms with Crippen LogP contribution < -0.4 is 0 Å². The Hall–Kier alpha value is -0.410. The Morgan fingerprint density at radius 1 is 1.17 bits per heavy atom. The van der Waals surface area contributed by atoms with Crippen LogP contribution in [0.4, 0.5) is 0 Å². The highest BCUT2D eigenvalue weighted by molar-refractivity contribution is 5.82. The van der Waals surface area contributed by atoms with Crippen LogP contribution in [0.25, 0.3) is 0 Å². The highest BCUT2D eigenvalue weighted by Crippen LogP contribution is 2.24. The molecule has 0 radical (unpaired) electrons. The van der Waals surface area contributed by atoms with Crippen molar-refractivity contribution in [1.29, 1.82) is 0 Å². The van der Waals surface area contributed by atoms with E-state index < -0.39 is 0 Å². The smallest absolute Gasteiger partial charge is 0.138 e. The lowest BCUT2D eigenvalue weighted by molar-refractivity contribution is -0.128. The van der Waals surface area contributed by atoms with Gasteiger partial charge in [0.1, 0.15) is 5.78 Å². The van der Waals surface area contributed by atoms with Crippen LogP contribution >= 0.6 is 0 Å². The van der Waals surface area contributed by atoms with E-state index in [1.807, 2.05) is 0 Å². The summed E-state index contributed by atoms with van der Waals surface area (Å²) in [5.41, 5.74) is 0. The molecule has 0 spiro atoms. The summed E-state index contributed by atoms with van der Waals surface area (Å²) in [5.74, 6) is 1.53. The lowest BCUT2D eigenvalue weighted by Gasteiger charge is -2.40. The Bertz CT molecular complexity index is 284. The summed E-state index contributed by atoms with van der Waals surface area (Å²) in [7, 11) is 0. The van der Waals surface area contributed by atoms with Gasteiger partial charge in [0.25, 0.3) is 0 Å². The molecule has 2 rings (SSSR count). The molecule has 3 heteroatoms. The minimum absolute atomic E-state index is 0.231. The number of hydrogen-bond acceptors (Lipinski definition) is 3. The van der Waals surface area contributed by atoms with E-state index in [0.717, 1.165) is 18.9 Å². The molecule has 0 aromatic rings. The van der Waals surface area contributed by atoms with Gasteiger partial charge in [0.05, 0.1) is 0 Å². The molecule has 0 amide bonds. The molecular weight excluding hydrogens is 224 g/mol. The maximum Gasteiger partial charge on any atom is 0.138 e. The largest absolute Gasteiger partial charge is 0.304 e. The van der Waals surface area contributed by atoms with E-state index in [9.17, 15) is 4.79 Å². The molecule has 3 nitrogen and oxygen atoms in total. The fraction of sp³-hybridized carbons (Fsp3) is 0.933. The standard InChI is InChI=1S/C15H28N2O/c1-4-16-8-5-14(6-9-16)11-17-10-7-15(18)12(2)13(17)3/h12-14H,4-11H2,1-3H3. The number of carbonyl (C=O) groups is 1. The molecule has 2 aliphatic rings. The van der Waals surface area contributed by atoms with E-state index in [4.69, 9.17) is 0 Å². The van der Waals surface area contributed by atoms with E-state index in [-0.39, 0.29) is 5.92 Å². The van der Waals surface area contributed by atoms with Crippen molar-refractivity contribution < 1.29 is 4.79 Å². The first-order valence-corrected chi connectivity index (χ1v) is 7.61. The van der Waals surface area contributed by atoms with Gasteiger partial charge in [-0.15, -0.1) is 0 Å². The lowest BCUT2D eigenvalue weighted by atomic mass is 9.88. The van der Waals surface area contributed by atoms with E-state index in [1.165, 1.54) is 39.0 Å². The molecule has 104 valence electrons. The number of hydrogen-bond donors (Lipinski definition) is 0. The Labute approximate surface area is 112 Å². The zero-order valence-corrected chi connectivity index (χ0v) is 12.2. The first kappa shape index (κ1) is 14.0. The molecule has 0 saturated carbocycles. The Morgan fingerprint density at radius 2 is 1.83 bits per heavy atom. The Kier molecular flexibility index (Phi) is 4.79. The van der Waals surface area contributed by atoms with Gasteiger partial charge in [0.15, 0.2) is 0 Å². The molecule has 2 heterocycles. The third kappa shape index (κ3) is 3.12. The topological polar surface area (TPSA) is 23.6 Å². The van der Waals surface area contributed by atoms with Gasteiger partial charge >= 0.3 is 0 Å². The number of nitrogens with zero attached hydrogens (tertiary/aromatic N) is 2. The number of piperidine rings is 2. The molecule has 0 aromatic heterocycles. The molecule has 18 heavy (non-hydrogen) atoms. The van der Waals surface area contributed by atoms with Gasteiger partial charge in [-0.3, -0.25) is 9.69 Å². The van der Waals surface area contributed by atoms with Crippen LogP contribution in [0.1, 0.15) is 40.0 Å². The van der Waals surface area contributed by atoms with Gasteiger partial charge in [-0.05, 0) is 45.3 Å². The zero-order valence-electron chi connectivity index (χ0n) is 12.2. The van der Waals surface area contributed by atoms with Crippen LogP contribution in [-0.4, -0.2) is 54.3 Å². The molecule has 2 atom stereocenters. The van der Waals surface area contributed by atoms with E-state index in [1.54, 1.807) is 0 Å². The quantitative estimate of drug-likeness (QED) is 0.768. The van der Waals surface area contributed by atoms with Gasteiger partial charge in [0, 0.05) is 31.5 Å². The monoisotopic (exact) mass is 252 g/mol. The van der Waals surface area contributed by atoms with Crippen molar-refractivity contribution in [1.82, 2.24) is 9.80 Å². The second kappa shape index (κ2) is 6.16. The predicted octanol–water partition coefficient (Wildman–Crippen LogP) is 2.02. The average Bonchev–Trinajstić information content (AvgIpc) is 2.40. The van der Waals surface area contributed by atoms with Gasteiger partial charge in [-0.1, -0.05) is 13.8 Å². The van der Waals surface area contributed by atoms with Crippen molar-refractivity contribution in [2.75, 3.05) is 32.7 Å². The second-order valence-corrected chi connectivity index (χ2v) is 6.12. The number of Topliss-reactive ketones (excluding diaryl/α,β-unsaturated/α-hetero) is 1. The summed E-state index contributed by atoms with van der Waals surface area (Å²) >= 11 is 0. The molecule has 0 bridgehead atoms. The van der Waals surface area contributed by atoms with Crippen LogP contribution in [0.15, 0.2) is 0 Å². The van der Waals surface area contributed by atoms with Gasteiger partial charge in [-0.2, -0.15) is 0 Å². The Morgan fingerprint density at radius 3 is 2.44 bits per heavy atom. The summed E-state index contributed by atoms with van der Waals surface area (Å²) in [6.07, 6.45) is 3.43. The molecular formula is C15H28N2O. The summed E-state index contributed by atoms with van der Waals surface area (Å²) in [4.78, 5) is 16.8. The molecule has 0 N–H and O–H groups in total.